The van der Waals surface area contributed by atoms with Gasteiger partial charge in [-0.05, 0) is 44.8 Å². The summed E-state index contributed by atoms with van der Waals surface area (Å²) in [4.78, 5) is 30.1. The van der Waals surface area contributed by atoms with Crippen molar-refractivity contribution in [1.82, 2.24) is 30.1 Å². The molecule has 2 fully saturated rings. The number of benzene rings is 1. The van der Waals surface area contributed by atoms with Crippen molar-refractivity contribution < 1.29 is 9.59 Å². The minimum absolute atomic E-state index is 0.0359. The van der Waals surface area contributed by atoms with Crippen LogP contribution in [0.2, 0.25) is 0 Å². The average Bonchev–Trinajstić information content (AvgIpc) is 3.39. The normalized spacial score (nSPS) is 20.7. The van der Waals surface area contributed by atoms with Crippen LogP contribution in [-0.4, -0.2) is 75.9 Å². The molecule has 0 aliphatic carbocycles. The number of carbonyl (C=O) groups excluding carboxylic acids is 2. The highest BCUT2D eigenvalue weighted by molar-refractivity contribution is 5.89. The van der Waals surface area contributed by atoms with Gasteiger partial charge in [0.25, 0.3) is 0 Å². The van der Waals surface area contributed by atoms with E-state index in [-0.39, 0.29) is 17.9 Å². The summed E-state index contributed by atoms with van der Waals surface area (Å²) >= 11 is 0. The largest absolute Gasteiger partial charge is 0.355 e. The summed E-state index contributed by atoms with van der Waals surface area (Å²) in [5.74, 6) is 0.200. The van der Waals surface area contributed by atoms with E-state index in [1.165, 1.54) is 0 Å². The fraction of sp³-hybridized carbons (Fsp3) is 0.545. The summed E-state index contributed by atoms with van der Waals surface area (Å²) in [6.07, 6.45) is 6.86. The molecule has 4 rings (SSSR count). The summed E-state index contributed by atoms with van der Waals surface area (Å²) < 4.78 is 1.76. The lowest BCUT2D eigenvalue weighted by atomic mass is 9.73. The Balaban J connectivity index is 1.37. The fourth-order valence-electron chi connectivity index (χ4n) is 4.58. The lowest BCUT2D eigenvalue weighted by Gasteiger charge is -2.50. The molecule has 8 heteroatoms. The van der Waals surface area contributed by atoms with Gasteiger partial charge >= 0.3 is 0 Å². The predicted octanol–water partition coefficient (Wildman–Crippen LogP) is 0.950. The van der Waals surface area contributed by atoms with E-state index >= 15 is 0 Å². The second-order valence-corrected chi connectivity index (χ2v) is 8.55. The molecule has 0 spiro atoms. The van der Waals surface area contributed by atoms with Crippen molar-refractivity contribution in [2.75, 3.05) is 33.2 Å². The van der Waals surface area contributed by atoms with Gasteiger partial charge in [0.2, 0.25) is 11.8 Å². The summed E-state index contributed by atoms with van der Waals surface area (Å²) in [6.45, 7) is 3.23. The van der Waals surface area contributed by atoms with Crippen LogP contribution in [0.1, 0.15) is 24.8 Å². The number of rotatable bonds is 8. The van der Waals surface area contributed by atoms with Crippen molar-refractivity contribution in [2.24, 2.45) is 5.41 Å². The Morgan fingerprint density at radius 3 is 2.70 bits per heavy atom. The maximum atomic E-state index is 13.2. The molecule has 3 heterocycles. The summed E-state index contributed by atoms with van der Waals surface area (Å²) in [5, 5.41) is 10.8. The van der Waals surface area contributed by atoms with Crippen LogP contribution < -0.4 is 5.32 Å². The van der Waals surface area contributed by atoms with Crippen LogP contribution in [0.15, 0.2) is 42.7 Å². The Morgan fingerprint density at radius 1 is 1.23 bits per heavy atom. The van der Waals surface area contributed by atoms with Crippen molar-refractivity contribution in [3.63, 3.8) is 0 Å². The first kappa shape index (κ1) is 20.5. The maximum absolute atomic E-state index is 13.2. The van der Waals surface area contributed by atoms with E-state index in [2.05, 4.69) is 32.7 Å². The van der Waals surface area contributed by atoms with Gasteiger partial charge in [0.1, 0.15) is 0 Å². The number of nitrogens with zero attached hydrogens (tertiary/aromatic N) is 5. The number of hydrogen-bond acceptors (Lipinski definition) is 5. The molecule has 0 saturated carbocycles. The maximum Gasteiger partial charge on any atom is 0.239 e. The van der Waals surface area contributed by atoms with Gasteiger partial charge in [-0.15, -0.1) is 5.10 Å². The molecule has 1 aromatic carbocycles. The molecular weight excluding hydrogens is 380 g/mol. The summed E-state index contributed by atoms with van der Waals surface area (Å²) in [6, 6.07) is 10.0. The number of aryl methyl sites for hydroxylation is 1. The minimum atomic E-state index is -0.554. The Kier molecular flexibility index (Phi) is 6.13. The SMILES string of the molecule is CN1CCC[C@H]1C(=O)N1CC(Cc2ccccc2)(C(=O)NCCCn2ccnn2)C1. The zero-order chi connectivity index (χ0) is 21.0. The Labute approximate surface area is 177 Å². The molecular formula is C22H30N6O2. The third-order valence-electron chi connectivity index (χ3n) is 6.29. The first-order chi connectivity index (χ1) is 14.6. The highest BCUT2D eigenvalue weighted by Gasteiger charge is 2.52. The van der Waals surface area contributed by atoms with E-state index in [0.29, 0.717) is 32.6 Å². The van der Waals surface area contributed by atoms with Gasteiger partial charge in [-0.2, -0.15) is 0 Å². The third kappa shape index (κ3) is 4.38. The molecule has 160 valence electrons. The Hall–Kier alpha value is -2.74. The van der Waals surface area contributed by atoms with Crippen LogP contribution in [-0.2, 0) is 22.6 Å². The number of likely N-dealkylation sites (tertiary alicyclic amines) is 2. The van der Waals surface area contributed by atoms with Gasteiger partial charge < -0.3 is 10.2 Å². The molecule has 30 heavy (non-hydrogen) atoms. The number of nitrogens with one attached hydrogen (secondary N) is 1. The molecule has 2 amide bonds. The molecule has 0 unspecified atom stereocenters. The lowest BCUT2D eigenvalue weighted by Crippen LogP contribution is -2.67. The molecule has 1 atom stereocenters. The van der Waals surface area contributed by atoms with Crippen LogP contribution in [0.3, 0.4) is 0 Å². The van der Waals surface area contributed by atoms with Gasteiger partial charge in [-0.1, -0.05) is 35.5 Å². The molecule has 0 bridgehead atoms. The second-order valence-electron chi connectivity index (χ2n) is 8.55. The first-order valence-corrected chi connectivity index (χ1v) is 10.7. The van der Waals surface area contributed by atoms with Gasteiger partial charge in [-0.25, -0.2) is 0 Å². The molecule has 2 aliphatic rings. The molecule has 0 radical (unpaired) electrons. The number of hydrogen-bond donors (Lipinski definition) is 1. The van der Waals surface area contributed by atoms with E-state index in [9.17, 15) is 9.59 Å². The Bertz CT molecular complexity index is 848. The van der Waals surface area contributed by atoms with Gasteiger partial charge in [0.05, 0.1) is 17.7 Å². The molecule has 2 aromatic rings. The van der Waals surface area contributed by atoms with Crippen molar-refractivity contribution in [1.29, 1.82) is 0 Å². The van der Waals surface area contributed by atoms with Crippen molar-refractivity contribution >= 4 is 11.8 Å². The standard InChI is InChI=1S/C22H30N6O2/c1-26-12-5-9-19(26)20(29)27-16-22(17-27,15-18-7-3-2-4-8-18)21(30)23-10-6-13-28-14-11-24-25-28/h2-4,7-8,11,14,19H,5-6,9-10,12-13,15-17H2,1H3,(H,23,30)/t19-/m0/s1. The van der Waals surface area contributed by atoms with Gasteiger partial charge in [0.15, 0.2) is 0 Å². The molecule has 1 aromatic heterocycles. The van der Waals surface area contributed by atoms with E-state index in [0.717, 1.165) is 31.4 Å². The van der Waals surface area contributed by atoms with Crippen LogP contribution >= 0.6 is 0 Å². The van der Waals surface area contributed by atoms with Gasteiger partial charge in [0, 0.05) is 32.4 Å². The summed E-state index contributed by atoms with van der Waals surface area (Å²) in [5.41, 5.74) is 0.571. The quantitative estimate of drug-likeness (QED) is 0.655. The zero-order valence-corrected chi connectivity index (χ0v) is 17.5. The highest BCUT2D eigenvalue weighted by Crippen LogP contribution is 2.36. The lowest BCUT2D eigenvalue weighted by molar-refractivity contribution is -0.156. The third-order valence-corrected chi connectivity index (χ3v) is 6.29. The first-order valence-electron chi connectivity index (χ1n) is 10.7. The van der Waals surface area contributed by atoms with Crippen LogP contribution in [0, 0.1) is 5.41 Å². The van der Waals surface area contributed by atoms with E-state index in [1.807, 2.05) is 36.3 Å². The van der Waals surface area contributed by atoms with Crippen molar-refractivity contribution in [3.05, 3.63) is 48.3 Å². The molecule has 2 saturated heterocycles. The van der Waals surface area contributed by atoms with Crippen molar-refractivity contribution in [2.45, 2.75) is 38.3 Å². The number of aromatic nitrogens is 3. The fourth-order valence-corrected chi connectivity index (χ4v) is 4.58. The van der Waals surface area contributed by atoms with E-state index in [1.54, 1.807) is 10.9 Å². The topological polar surface area (TPSA) is 83.4 Å². The Morgan fingerprint density at radius 2 is 2.03 bits per heavy atom. The minimum Gasteiger partial charge on any atom is -0.355 e. The molecule has 2 aliphatic heterocycles. The predicted molar refractivity (Wildman–Crippen MR) is 112 cm³/mol. The zero-order valence-electron chi connectivity index (χ0n) is 17.5. The number of carbonyl (C=O) groups is 2. The smallest absolute Gasteiger partial charge is 0.239 e. The van der Waals surface area contributed by atoms with E-state index in [4.69, 9.17) is 0 Å². The monoisotopic (exact) mass is 410 g/mol. The highest BCUT2D eigenvalue weighted by atomic mass is 16.2. The van der Waals surface area contributed by atoms with Crippen LogP contribution in [0.4, 0.5) is 0 Å². The van der Waals surface area contributed by atoms with Gasteiger partial charge in [-0.3, -0.25) is 19.2 Å². The molecule has 8 nitrogen and oxygen atoms in total. The van der Waals surface area contributed by atoms with E-state index < -0.39 is 5.41 Å². The van der Waals surface area contributed by atoms with Crippen LogP contribution in [0.5, 0.6) is 0 Å². The van der Waals surface area contributed by atoms with Crippen LogP contribution in [0.25, 0.3) is 0 Å². The number of likely N-dealkylation sites (N-methyl/N-ethyl adjacent to an activating group) is 1. The number of amides is 2. The average molecular weight is 411 g/mol. The summed E-state index contributed by atoms with van der Waals surface area (Å²) in [7, 11) is 2.01. The second kappa shape index (κ2) is 8.95. The van der Waals surface area contributed by atoms with Crippen molar-refractivity contribution in [3.8, 4) is 0 Å². The molecule has 1 N–H and O–H groups in total.